The van der Waals surface area contributed by atoms with E-state index in [0.717, 1.165) is 0 Å². The van der Waals surface area contributed by atoms with E-state index in [1.54, 1.807) is 0 Å². The highest BCUT2D eigenvalue weighted by molar-refractivity contribution is 5.72. The van der Waals surface area contributed by atoms with Gasteiger partial charge in [0.05, 0.1) is 6.10 Å². The highest BCUT2D eigenvalue weighted by Crippen LogP contribution is 2.58. The molecule has 1 rings (SSSR count). The Bertz CT molecular complexity index is 302. The van der Waals surface area contributed by atoms with Crippen molar-refractivity contribution in [3.8, 4) is 0 Å². The maximum Gasteiger partial charge on any atom is 0.335 e. The van der Waals surface area contributed by atoms with Crippen molar-refractivity contribution in [1.82, 2.24) is 0 Å². The van der Waals surface area contributed by atoms with E-state index in [-0.39, 0.29) is 0 Å². The second-order valence-corrected chi connectivity index (χ2v) is 4.67. The second kappa shape index (κ2) is 3.64. The summed E-state index contributed by atoms with van der Waals surface area (Å²) < 4.78 is 0. The van der Waals surface area contributed by atoms with Crippen LogP contribution < -0.4 is 0 Å². The molecular formula is C9H16O7. The van der Waals surface area contributed by atoms with Gasteiger partial charge < -0.3 is 30.6 Å². The number of carbonyl (C=O) groups is 1. The van der Waals surface area contributed by atoms with Crippen LogP contribution in [0.5, 0.6) is 0 Å². The van der Waals surface area contributed by atoms with Crippen molar-refractivity contribution >= 4 is 5.97 Å². The zero-order valence-electron chi connectivity index (χ0n) is 8.90. The molecular weight excluding hydrogens is 220 g/mol. The minimum Gasteiger partial charge on any atom is -0.479 e. The van der Waals surface area contributed by atoms with Gasteiger partial charge in [0.25, 0.3) is 0 Å². The van der Waals surface area contributed by atoms with Crippen LogP contribution in [0, 0.1) is 5.41 Å². The Balaban J connectivity index is 2.81. The number of aliphatic hydroxyl groups is 5. The molecule has 0 radical (unpaired) electrons. The quantitative estimate of drug-likeness (QED) is 0.312. The van der Waals surface area contributed by atoms with E-state index in [2.05, 4.69) is 0 Å². The van der Waals surface area contributed by atoms with Gasteiger partial charge in [0.15, 0.2) is 6.10 Å². The molecule has 0 bridgehead atoms. The lowest BCUT2D eigenvalue weighted by atomic mass is 9.95. The van der Waals surface area contributed by atoms with Crippen LogP contribution in [-0.2, 0) is 4.79 Å². The average Bonchev–Trinajstić information content (AvgIpc) is 2.60. The van der Waals surface area contributed by atoms with Gasteiger partial charge >= 0.3 is 5.97 Å². The number of hydrogen-bond acceptors (Lipinski definition) is 6. The smallest absolute Gasteiger partial charge is 0.335 e. The van der Waals surface area contributed by atoms with E-state index < -0.39 is 41.4 Å². The standard InChI is InChI=1S/C9H16O7/c1-8(2)7(15)9(8,16)5(12)3(10)4(11)6(13)14/h3-5,7,10-12,15-16H,1-2H3,(H,13,14)/t3-,4+,5+,7?,9-/m1/s1. The van der Waals surface area contributed by atoms with E-state index in [4.69, 9.17) is 10.2 Å². The molecule has 7 nitrogen and oxygen atoms in total. The van der Waals surface area contributed by atoms with Crippen molar-refractivity contribution in [3.05, 3.63) is 0 Å². The first kappa shape index (κ1) is 13.3. The minimum atomic E-state index is -2.22. The third-order valence-electron chi connectivity index (χ3n) is 3.40. The van der Waals surface area contributed by atoms with Crippen LogP contribution in [-0.4, -0.2) is 66.6 Å². The Morgan fingerprint density at radius 3 is 1.88 bits per heavy atom. The van der Waals surface area contributed by atoms with Gasteiger partial charge in [0, 0.05) is 5.41 Å². The lowest BCUT2D eigenvalue weighted by Crippen LogP contribution is -2.51. The predicted octanol–water partition coefficient (Wildman–Crippen LogP) is -2.71. The highest BCUT2D eigenvalue weighted by Gasteiger charge is 2.75. The van der Waals surface area contributed by atoms with Crippen molar-refractivity contribution in [1.29, 1.82) is 0 Å². The van der Waals surface area contributed by atoms with Crippen molar-refractivity contribution in [2.75, 3.05) is 0 Å². The number of aliphatic carboxylic acids is 1. The van der Waals surface area contributed by atoms with Crippen LogP contribution in [0.4, 0.5) is 0 Å². The van der Waals surface area contributed by atoms with E-state index in [0.29, 0.717) is 0 Å². The summed E-state index contributed by atoms with van der Waals surface area (Å²) in [5, 5.41) is 55.6. The Labute approximate surface area is 91.6 Å². The fourth-order valence-corrected chi connectivity index (χ4v) is 1.87. The molecule has 1 aliphatic rings. The molecule has 0 saturated heterocycles. The number of hydrogen-bond donors (Lipinski definition) is 6. The maximum atomic E-state index is 10.4. The zero-order valence-corrected chi connectivity index (χ0v) is 8.90. The minimum absolute atomic E-state index is 1.06. The molecule has 0 aromatic rings. The van der Waals surface area contributed by atoms with E-state index >= 15 is 0 Å². The second-order valence-electron chi connectivity index (χ2n) is 4.67. The average molecular weight is 236 g/mol. The third kappa shape index (κ3) is 1.52. The van der Waals surface area contributed by atoms with Gasteiger partial charge in [0.1, 0.15) is 17.8 Å². The first-order chi connectivity index (χ1) is 7.08. The molecule has 1 fully saturated rings. The van der Waals surface area contributed by atoms with Crippen LogP contribution in [0.3, 0.4) is 0 Å². The van der Waals surface area contributed by atoms with Gasteiger partial charge in [-0.3, -0.25) is 0 Å². The molecule has 94 valence electrons. The molecule has 0 aromatic heterocycles. The first-order valence-corrected chi connectivity index (χ1v) is 4.76. The van der Waals surface area contributed by atoms with Gasteiger partial charge in [-0.15, -0.1) is 0 Å². The van der Waals surface area contributed by atoms with Crippen LogP contribution in [0.2, 0.25) is 0 Å². The number of carboxylic acid groups (broad SMARTS) is 1. The molecule has 6 N–H and O–H groups in total. The zero-order chi connectivity index (χ0) is 12.9. The van der Waals surface area contributed by atoms with E-state index in [1.165, 1.54) is 13.8 Å². The van der Waals surface area contributed by atoms with Gasteiger partial charge in [0.2, 0.25) is 0 Å². The van der Waals surface area contributed by atoms with Gasteiger partial charge in [-0.2, -0.15) is 0 Å². The fraction of sp³-hybridized carbons (Fsp3) is 0.889. The summed E-state index contributed by atoms with van der Waals surface area (Å²) in [6.07, 6.45) is -7.52. The summed E-state index contributed by atoms with van der Waals surface area (Å²) in [6, 6.07) is 0. The summed E-state index contributed by atoms with van der Waals surface area (Å²) >= 11 is 0. The lowest BCUT2D eigenvalue weighted by Gasteiger charge is -2.26. The Hall–Kier alpha value is -0.730. The Morgan fingerprint density at radius 2 is 1.62 bits per heavy atom. The van der Waals surface area contributed by atoms with Crippen molar-refractivity contribution in [3.63, 3.8) is 0 Å². The summed E-state index contributed by atoms with van der Waals surface area (Å²) in [4.78, 5) is 10.4. The van der Waals surface area contributed by atoms with Gasteiger partial charge in [-0.05, 0) is 0 Å². The normalized spacial score (nSPS) is 37.6. The molecule has 1 unspecified atom stereocenters. The molecule has 0 amide bonds. The Kier molecular flexibility index (Phi) is 3.03. The summed E-state index contributed by atoms with van der Waals surface area (Å²) in [5.74, 6) is -1.72. The SMILES string of the molecule is CC1(C)C(O)[C@]1(O)[C@@H](O)[C@H](O)[C@H](O)C(=O)O. The molecule has 1 aliphatic carbocycles. The monoisotopic (exact) mass is 236 g/mol. The van der Waals surface area contributed by atoms with Crippen LogP contribution in [0.15, 0.2) is 0 Å². The van der Waals surface area contributed by atoms with Crippen molar-refractivity contribution in [2.24, 2.45) is 5.41 Å². The predicted molar refractivity (Wildman–Crippen MR) is 50.4 cm³/mol. The van der Waals surface area contributed by atoms with Crippen molar-refractivity contribution in [2.45, 2.75) is 43.9 Å². The van der Waals surface area contributed by atoms with E-state index in [9.17, 15) is 25.2 Å². The summed E-state index contributed by atoms with van der Waals surface area (Å²) in [6.45, 7) is 2.89. The van der Waals surface area contributed by atoms with Crippen molar-refractivity contribution < 1.29 is 35.4 Å². The number of carboxylic acids is 1. The highest BCUT2D eigenvalue weighted by atomic mass is 16.4. The first-order valence-electron chi connectivity index (χ1n) is 4.76. The fourth-order valence-electron chi connectivity index (χ4n) is 1.87. The maximum absolute atomic E-state index is 10.4. The third-order valence-corrected chi connectivity index (χ3v) is 3.40. The number of rotatable bonds is 4. The topological polar surface area (TPSA) is 138 Å². The molecule has 0 aliphatic heterocycles. The molecule has 0 heterocycles. The Morgan fingerprint density at radius 1 is 1.25 bits per heavy atom. The molecule has 5 atom stereocenters. The molecule has 0 aromatic carbocycles. The summed E-state index contributed by atoms with van der Waals surface area (Å²) in [5.41, 5.74) is -3.07. The molecule has 0 spiro atoms. The van der Waals surface area contributed by atoms with Crippen LogP contribution in [0.1, 0.15) is 13.8 Å². The summed E-state index contributed by atoms with van der Waals surface area (Å²) in [7, 11) is 0. The van der Waals surface area contributed by atoms with Crippen LogP contribution >= 0.6 is 0 Å². The largest absolute Gasteiger partial charge is 0.479 e. The molecule has 16 heavy (non-hydrogen) atoms. The lowest BCUT2D eigenvalue weighted by molar-refractivity contribution is -0.168. The number of aliphatic hydroxyl groups excluding tert-OH is 4. The molecule has 1 saturated carbocycles. The molecule has 7 heteroatoms. The van der Waals surface area contributed by atoms with Gasteiger partial charge in [-0.25, -0.2) is 4.79 Å². The van der Waals surface area contributed by atoms with E-state index in [1.807, 2.05) is 0 Å². The van der Waals surface area contributed by atoms with Crippen LogP contribution in [0.25, 0.3) is 0 Å². The van der Waals surface area contributed by atoms with Gasteiger partial charge in [-0.1, -0.05) is 13.8 Å².